The van der Waals surface area contributed by atoms with Gasteiger partial charge >= 0.3 is 0 Å². The molecule has 0 aromatic heterocycles. The number of hydrogen-bond donors (Lipinski definition) is 2. The van der Waals surface area contributed by atoms with Crippen LogP contribution in [0.1, 0.15) is 38.5 Å². The molecule has 74 valence electrons. The monoisotopic (exact) mass is 180 g/mol. The maximum Gasteiger partial charge on any atom is 0.0768 e. The van der Waals surface area contributed by atoms with Crippen molar-refractivity contribution in [2.45, 2.75) is 44.7 Å². The Kier molecular flexibility index (Phi) is 3.25. The zero-order valence-electron chi connectivity index (χ0n) is 8.26. The van der Waals surface area contributed by atoms with Gasteiger partial charge in [-0.1, -0.05) is 38.2 Å². The van der Waals surface area contributed by atoms with Crippen LogP contribution in [0.15, 0.2) is 12.3 Å². The second-order valence-electron chi connectivity index (χ2n) is 4.27. The molecule has 2 heteroatoms. The first kappa shape index (κ1) is 9.07. The van der Waals surface area contributed by atoms with Gasteiger partial charge in [0.1, 0.15) is 0 Å². The second kappa shape index (κ2) is 4.66. The van der Waals surface area contributed by atoms with E-state index in [9.17, 15) is 0 Å². The highest BCUT2D eigenvalue weighted by atomic mass is 15.1. The van der Waals surface area contributed by atoms with Crippen LogP contribution >= 0.6 is 0 Å². The van der Waals surface area contributed by atoms with E-state index in [-0.39, 0.29) is 0 Å². The van der Waals surface area contributed by atoms with Crippen molar-refractivity contribution in [1.29, 1.82) is 0 Å². The molecule has 1 saturated carbocycles. The maximum atomic E-state index is 3.47. The summed E-state index contributed by atoms with van der Waals surface area (Å²) in [5.41, 5.74) is 0. The van der Waals surface area contributed by atoms with Crippen LogP contribution in [-0.4, -0.2) is 12.7 Å². The van der Waals surface area contributed by atoms with Crippen molar-refractivity contribution in [2.24, 2.45) is 5.92 Å². The van der Waals surface area contributed by atoms with Crippen LogP contribution in [0.4, 0.5) is 0 Å². The average Bonchev–Trinajstić information content (AvgIpc) is 2.21. The van der Waals surface area contributed by atoms with Crippen LogP contribution in [0.3, 0.4) is 0 Å². The molecule has 2 nitrogen and oxygen atoms in total. The Morgan fingerprint density at radius 2 is 2.00 bits per heavy atom. The summed E-state index contributed by atoms with van der Waals surface area (Å²) in [4.78, 5) is 0. The van der Waals surface area contributed by atoms with Gasteiger partial charge in [-0.15, -0.1) is 0 Å². The molecule has 0 aromatic carbocycles. The molecule has 0 spiro atoms. The highest BCUT2D eigenvalue weighted by Crippen LogP contribution is 2.26. The van der Waals surface area contributed by atoms with Gasteiger partial charge in [-0.2, -0.15) is 0 Å². The molecule has 0 amide bonds. The molecule has 1 aliphatic heterocycles. The predicted octanol–water partition coefficient (Wildman–Crippen LogP) is 1.99. The van der Waals surface area contributed by atoms with Crippen LogP contribution in [0.2, 0.25) is 0 Å². The summed E-state index contributed by atoms with van der Waals surface area (Å²) in [5.74, 6) is 0.963. The van der Waals surface area contributed by atoms with Crippen molar-refractivity contribution >= 4 is 0 Å². The van der Waals surface area contributed by atoms with Crippen LogP contribution in [0.5, 0.6) is 0 Å². The molecule has 2 aliphatic rings. The third-order valence-corrected chi connectivity index (χ3v) is 3.19. The van der Waals surface area contributed by atoms with Crippen molar-refractivity contribution in [3.63, 3.8) is 0 Å². The molecular weight excluding hydrogens is 160 g/mol. The molecule has 0 aromatic rings. The first-order valence-corrected chi connectivity index (χ1v) is 5.59. The Balaban J connectivity index is 1.72. The van der Waals surface area contributed by atoms with E-state index in [1.165, 1.54) is 38.5 Å². The topological polar surface area (TPSA) is 24.1 Å². The van der Waals surface area contributed by atoms with E-state index >= 15 is 0 Å². The zero-order chi connectivity index (χ0) is 8.93. The first-order valence-electron chi connectivity index (χ1n) is 5.59. The lowest BCUT2D eigenvalue weighted by atomic mass is 9.86. The van der Waals surface area contributed by atoms with Crippen LogP contribution in [0.25, 0.3) is 0 Å². The van der Waals surface area contributed by atoms with E-state index in [2.05, 4.69) is 22.9 Å². The third kappa shape index (κ3) is 2.73. The van der Waals surface area contributed by atoms with E-state index in [0.29, 0.717) is 6.17 Å². The number of nitrogens with one attached hydrogen (secondary N) is 2. The molecule has 1 fully saturated rings. The van der Waals surface area contributed by atoms with E-state index in [1.54, 1.807) is 0 Å². The standard InChI is InChI=1S/C11H20N2/c1-2-5-10(6-3-1)9-11-12-7-4-8-13-11/h4,7,10-13H,1-3,5-6,8-9H2. The summed E-state index contributed by atoms with van der Waals surface area (Å²) in [6, 6.07) is 0. The van der Waals surface area contributed by atoms with Crippen molar-refractivity contribution in [2.75, 3.05) is 6.54 Å². The predicted molar refractivity (Wildman–Crippen MR) is 55.3 cm³/mol. The lowest BCUT2D eigenvalue weighted by Gasteiger charge is -2.28. The fourth-order valence-electron chi connectivity index (χ4n) is 2.42. The minimum atomic E-state index is 0.535. The fraction of sp³-hybridized carbons (Fsp3) is 0.818. The van der Waals surface area contributed by atoms with Crippen LogP contribution in [0, 0.1) is 5.92 Å². The minimum Gasteiger partial charge on any atom is -0.376 e. The van der Waals surface area contributed by atoms with E-state index in [1.807, 2.05) is 0 Å². The molecule has 2 rings (SSSR count). The third-order valence-electron chi connectivity index (χ3n) is 3.19. The first-order chi connectivity index (χ1) is 6.45. The molecule has 1 aliphatic carbocycles. The van der Waals surface area contributed by atoms with E-state index in [4.69, 9.17) is 0 Å². The Bertz CT molecular complexity index is 171. The Hall–Kier alpha value is -0.500. The molecule has 2 N–H and O–H groups in total. The summed E-state index contributed by atoms with van der Waals surface area (Å²) < 4.78 is 0. The van der Waals surface area contributed by atoms with Gasteiger partial charge in [0.25, 0.3) is 0 Å². The number of rotatable bonds is 2. The SMILES string of the molecule is C1=CNC(CC2CCCCC2)NC1. The van der Waals surface area contributed by atoms with Gasteiger partial charge in [0, 0.05) is 6.54 Å². The lowest BCUT2D eigenvalue weighted by molar-refractivity contribution is 0.286. The largest absolute Gasteiger partial charge is 0.376 e. The van der Waals surface area contributed by atoms with Crippen molar-refractivity contribution in [1.82, 2.24) is 10.6 Å². The summed E-state index contributed by atoms with van der Waals surface area (Å²) in [7, 11) is 0. The normalized spacial score (nSPS) is 30.0. The molecule has 0 saturated heterocycles. The molecule has 1 unspecified atom stereocenters. The van der Waals surface area contributed by atoms with Crippen molar-refractivity contribution < 1.29 is 0 Å². The Morgan fingerprint density at radius 3 is 2.69 bits per heavy atom. The van der Waals surface area contributed by atoms with Gasteiger partial charge in [0.15, 0.2) is 0 Å². The van der Waals surface area contributed by atoms with Crippen LogP contribution < -0.4 is 10.6 Å². The fourth-order valence-corrected chi connectivity index (χ4v) is 2.42. The van der Waals surface area contributed by atoms with E-state index in [0.717, 1.165) is 12.5 Å². The van der Waals surface area contributed by atoms with Crippen molar-refractivity contribution in [3.8, 4) is 0 Å². The zero-order valence-corrected chi connectivity index (χ0v) is 8.26. The summed E-state index contributed by atoms with van der Waals surface area (Å²) in [5, 5.41) is 6.84. The molecule has 1 heterocycles. The molecular formula is C11H20N2. The van der Waals surface area contributed by atoms with Crippen LogP contribution in [-0.2, 0) is 0 Å². The Labute approximate surface area is 80.8 Å². The summed E-state index contributed by atoms with van der Waals surface area (Å²) in [6.07, 6.45) is 13.3. The smallest absolute Gasteiger partial charge is 0.0768 e. The van der Waals surface area contributed by atoms with Gasteiger partial charge < -0.3 is 5.32 Å². The quantitative estimate of drug-likeness (QED) is 0.679. The molecule has 0 bridgehead atoms. The van der Waals surface area contributed by atoms with Gasteiger partial charge in [0.2, 0.25) is 0 Å². The Morgan fingerprint density at radius 1 is 1.15 bits per heavy atom. The van der Waals surface area contributed by atoms with Gasteiger partial charge in [-0.25, -0.2) is 0 Å². The highest BCUT2D eigenvalue weighted by Gasteiger charge is 2.18. The molecule has 1 atom stereocenters. The minimum absolute atomic E-state index is 0.535. The summed E-state index contributed by atoms with van der Waals surface area (Å²) in [6.45, 7) is 1.03. The summed E-state index contributed by atoms with van der Waals surface area (Å²) >= 11 is 0. The van der Waals surface area contributed by atoms with E-state index < -0.39 is 0 Å². The second-order valence-corrected chi connectivity index (χ2v) is 4.27. The highest BCUT2D eigenvalue weighted by molar-refractivity contribution is 4.91. The molecule has 13 heavy (non-hydrogen) atoms. The van der Waals surface area contributed by atoms with Crippen molar-refractivity contribution in [3.05, 3.63) is 12.3 Å². The average molecular weight is 180 g/mol. The number of hydrogen-bond acceptors (Lipinski definition) is 2. The van der Waals surface area contributed by atoms with Gasteiger partial charge in [-0.05, 0) is 18.5 Å². The molecule has 0 radical (unpaired) electrons. The van der Waals surface area contributed by atoms with Gasteiger partial charge in [-0.3, -0.25) is 5.32 Å². The van der Waals surface area contributed by atoms with Gasteiger partial charge in [0.05, 0.1) is 6.17 Å². The lowest BCUT2D eigenvalue weighted by Crippen LogP contribution is -2.44. The maximum absolute atomic E-state index is 3.47.